The van der Waals surface area contributed by atoms with Gasteiger partial charge in [-0.15, -0.1) is 0 Å². The van der Waals surface area contributed by atoms with Crippen molar-refractivity contribution in [2.75, 3.05) is 5.73 Å². The van der Waals surface area contributed by atoms with E-state index in [-0.39, 0.29) is 21.7 Å². The number of primary sulfonamides is 1. The Morgan fingerprint density at radius 3 is 2.32 bits per heavy atom. The number of nitrogens with two attached hydrogens (primary N) is 2. The third-order valence-electron chi connectivity index (χ3n) is 2.72. The maximum Gasteiger partial charge on any atom is 0.238 e. The largest absolute Gasteiger partial charge is 0.399 e. The van der Waals surface area contributed by atoms with Gasteiger partial charge in [0.15, 0.2) is 0 Å². The Morgan fingerprint density at radius 1 is 1.05 bits per heavy atom. The fraction of sp³-hybridized carbons (Fsp3) is 0.0769. The van der Waals surface area contributed by atoms with E-state index in [0.29, 0.717) is 0 Å². The summed E-state index contributed by atoms with van der Waals surface area (Å²) in [5.74, 6) is -0.588. The number of rotatable bonds is 2. The molecule has 0 bridgehead atoms. The summed E-state index contributed by atoms with van der Waals surface area (Å²) >= 11 is 0. The molecule has 0 spiro atoms. The number of anilines is 1. The third kappa shape index (κ3) is 2.74. The van der Waals surface area contributed by atoms with Crippen molar-refractivity contribution in [2.24, 2.45) is 5.14 Å². The van der Waals surface area contributed by atoms with Crippen molar-refractivity contribution in [3.8, 4) is 11.1 Å². The topological polar surface area (TPSA) is 86.2 Å². The molecule has 0 aromatic heterocycles. The smallest absolute Gasteiger partial charge is 0.238 e. The lowest BCUT2D eigenvalue weighted by Gasteiger charge is -2.10. The van der Waals surface area contributed by atoms with Crippen LogP contribution in [0.4, 0.5) is 10.1 Å². The number of hydrogen-bond acceptors (Lipinski definition) is 3. The lowest BCUT2D eigenvalue weighted by Crippen LogP contribution is -2.13. The molecule has 2 rings (SSSR count). The van der Waals surface area contributed by atoms with E-state index in [9.17, 15) is 12.8 Å². The highest BCUT2D eigenvalue weighted by Gasteiger charge is 2.17. The monoisotopic (exact) mass is 280 g/mol. The molecular formula is C13H13FN2O2S. The summed E-state index contributed by atoms with van der Waals surface area (Å²) < 4.78 is 37.0. The van der Waals surface area contributed by atoms with Crippen LogP contribution in [-0.4, -0.2) is 8.42 Å². The quantitative estimate of drug-likeness (QED) is 0.825. The number of halogens is 1. The second-order valence-electron chi connectivity index (χ2n) is 4.28. The molecule has 4 N–H and O–H groups in total. The molecule has 4 nitrogen and oxygen atoms in total. The molecule has 0 amide bonds. The zero-order chi connectivity index (χ0) is 14.2. The fourth-order valence-electron chi connectivity index (χ4n) is 1.85. The minimum atomic E-state index is -3.92. The van der Waals surface area contributed by atoms with Crippen LogP contribution in [0, 0.1) is 12.7 Å². The lowest BCUT2D eigenvalue weighted by molar-refractivity contribution is 0.598. The van der Waals surface area contributed by atoms with Gasteiger partial charge in [0.25, 0.3) is 0 Å². The highest BCUT2D eigenvalue weighted by atomic mass is 32.2. The summed E-state index contributed by atoms with van der Waals surface area (Å²) in [7, 11) is -3.92. The second-order valence-corrected chi connectivity index (χ2v) is 5.81. The number of sulfonamides is 1. The van der Waals surface area contributed by atoms with Crippen molar-refractivity contribution >= 4 is 15.7 Å². The molecule has 6 heteroatoms. The van der Waals surface area contributed by atoms with Crippen LogP contribution >= 0.6 is 0 Å². The minimum Gasteiger partial charge on any atom is -0.399 e. The number of hydrogen-bond donors (Lipinski definition) is 2. The van der Waals surface area contributed by atoms with Crippen LogP contribution < -0.4 is 10.9 Å². The zero-order valence-electron chi connectivity index (χ0n) is 10.2. The van der Waals surface area contributed by atoms with Crippen molar-refractivity contribution in [3.63, 3.8) is 0 Å². The van der Waals surface area contributed by atoms with Gasteiger partial charge >= 0.3 is 0 Å². The SMILES string of the molecule is Cc1ccc(S(N)(=O)=O)c(-c2ccc(N)cc2F)c1. The van der Waals surface area contributed by atoms with Gasteiger partial charge in [0.1, 0.15) is 5.82 Å². The van der Waals surface area contributed by atoms with E-state index in [4.69, 9.17) is 10.9 Å². The van der Waals surface area contributed by atoms with E-state index in [1.54, 1.807) is 19.1 Å². The van der Waals surface area contributed by atoms with Crippen molar-refractivity contribution in [2.45, 2.75) is 11.8 Å². The molecular weight excluding hydrogens is 267 g/mol. The first-order valence-corrected chi connectivity index (χ1v) is 7.02. The van der Waals surface area contributed by atoms with E-state index in [1.807, 2.05) is 0 Å². The first-order valence-electron chi connectivity index (χ1n) is 5.48. The van der Waals surface area contributed by atoms with Crippen LogP contribution in [0.3, 0.4) is 0 Å². The standard InChI is InChI=1S/C13H13FN2O2S/c1-8-2-5-13(19(16,17)18)11(6-8)10-4-3-9(15)7-12(10)14/h2-7H,15H2,1H3,(H2,16,17,18). The van der Waals surface area contributed by atoms with Crippen molar-refractivity contribution < 1.29 is 12.8 Å². The summed E-state index contributed by atoms with van der Waals surface area (Å²) in [6.45, 7) is 1.78. The van der Waals surface area contributed by atoms with Crippen LogP contribution in [0.1, 0.15) is 5.56 Å². The van der Waals surface area contributed by atoms with Gasteiger partial charge in [-0.25, -0.2) is 17.9 Å². The van der Waals surface area contributed by atoms with Crippen molar-refractivity contribution in [3.05, 3.63) is 47.8 Å². The van der Waals surface area contributed by atoms with Gasteiger partial charge in [0.2, 0.25) is 10.0 Å². The maximum absolute atomic E-state index is 13.9. The Hall–Kier alpha value is -1.92. The van der Waals surface area contributed by atoms with Gasteiger partial charge < -0.3 is 5.73 Å². The molecule has 100 valence electrons. The molecule has 0 radical (unpaired) electrons. The molecule has 0 heterocycles. The summed E-state index contributed by atoms with van der Waals surface area (Å²) in [6, 6.07) is 8.65. The van der Waals surface area contributed by atoms with Gasteiger partial charge in [-0.2, -0.15) is 0 Å². The molecule has 0 saturated carbocycles. The first-order chi connectivity index (χ1) is 8.79. The van der Waals surface area contributed by atoms with Crippen LogP contribution in [0.2, 0.25) is 0 Å². The minimum absolute atomic E-state index is 0.109. The summed E-state index contributed by atoms with van der Waals surface area (Å²) in [6.07, 6.45) is 0. The second kappa shape index (κ2) is 4.64. The van der Waals surface area contributed by atoms with Gasteiger partial charge in [0, 0.05) is 16.8 Å². The van der Waals surface area contributed by atoms with Gasteiger partial charge in [0.05, 0.1) is 4.90 Å². The molecule has 0 aliphatic carbocycles. The van der Waals surface area contributed by atoms with Gasteiger partial charge in [-0.05, 0) is 37.3 Å². The Morgan fingerprint density at radius 2 is 1.74 bits per heavy atom. The van der Waals surface area contributed by atoms with Crippen molar-refractivity contribution in [1.82, 2.24) is 0 Å². The van der Waals surface area contributed by atoms with Gasteiger partial charge in [-0.1, -0.05) is 11.6 Å². The first kappa shape index (κ1) is 13.5. The van der Waals surface area contributed by atoms with Crippen LogP contribution in [-0.2, 0) is 10.0 Å². The summed E-state index contributed by atoms with van der Waals surface area (Å²) in [4.78, 5) is -0.109. The van der Waals surface area contributed by atoms with Crippen LogP contribution in [0.15, 0.2) is 41.3 Å². The summed E-state index contributed by atoms with van der Waals surface area (Å²) in [5, 5.41) is 5.15. The maximum atomic E-state index is 13.9. The lowest BCUT2D eigenvalue weighted by atomic mass is 10.0. The molecule has 2 aromatic carbocycles. The van der Waals surface area contributed by atoms with E-state index < -0.39 is 15.8 Å². The number of nitrogen functional groups attached to an aromatic ring is 1. The highest BCUT2D eigenvalue weighted by molar-refractivity contribution is 7.89. The Balaban J connectivity index is 2.77. The number of aryl methyl sites for hydroxylation is 1. The Labute approximate surface area is 110 Å². The predicted molar refractivity (Wildman–Crippen MR) is 72.4 cm³/mol. The fourth-order valence-corrected chi connectivity index (χ4v) is 2.59. The van der Waals surface area contributed by atoms with E-state index >= 15 is 0 Å². The van der Waals surface area contributed by atoms with Crippen LogP contribution in [0.5, 0.6) is 0 Å². The molecule has 0 fully saturated rings. The summed E-state index contributed by atoms with van der Waals surface area (Å²) in [5.41, 5.74) is 6.94. The molecule has 0 atom stereocenters. The Bertz CT molecular complexity index is 742. The highest BCUT2D eigenvalue weighted by Crippen LogP contribution is 2.30. The van der Waals surface area contributed by atoms with E-state index in [1.165, 1.54) is 18.2 Å². The van der Waals surface area contributed by atoms with E-state index in [0.717, 1.165) is 11.6 Å². The Kier molecular flexibility index (Phi) is 3.30. The average molecular weight is 280 g/mol. The molecule has 0 unspecified atom stereocenters. The van der Waals surface area contributed by atoms with Crippen LogP contribution in [0.25, 0.3) is 11.1 Å². The molecule has 19 heavy (non-hydrogen) atoms. The average Bonchev–Trinajstić information content (AvgIpc) is 2.27. The molecule has 2 aromatic rings. The normalized spacial score (nSPS) is 11.5. The van der Waals surface area contributed by atoms with Gasteiger partial charge in [-0.3, -0.25) is 0 Å². The number of benzene rings is 2. The third-order valence-corrected chi connectivity index (χ3v) is 3.69. The predicted octanol–water partition coefficient (Wildman–Crippen LogP) is 2.03. The van der Waals surface area contributed by atoms with Crippen molar-refractivity contribution in [1.29, 1.82) is 0 Å². The molecule has 0 saturated heterocycles. The molecule has 0 aliphatic heterocycles. The zero-order valence-corrected chi connectivity index (χ0v) is 11.0. The molecule has 0 aliphatic rings. The van der Waals surface area contributed by atoms with E-state index in [2.05, 4.69) is 0 Å².